The minimum Gasteiger partial charge on any atom is -0.508 e. The number of rotatable bonds is 18. The summed E-state index contributed by atoms with van der Waals surface area (Å²) in [6, 6.07) is 16.2. The van der Waals surface area contributed by atoms with E-state index in [0.717, 1.165) is 18.2 Å². The van der Waals surface area contributed by atoms with E-state index in [1.807, 2.05) is 0 Å². The van der Waals surface area contributed by atoms with Gasteiger partial charge in [-0.25, -0.2) is 9.59 Å². The molecule has 79 heavy (non-hydrogen) atoms. The molecule has 26 heteroatoms. The molecule has 3 fully saturated rings. The van der Waals surface area contributed by atoms with Gasteiger partial charge in [-0.1, -0.05) is 24.3 Å². The van der Waals surface area contributed by atoms with Crippen LogP contribution in [-0.2, 0) is 42.7 Å². The molecule has 4 heterocycles. The van der Waals surface area contributed by atoms with Gasteiger partial charge in [0, 0.05) is 29.8 Å². The highest BCUT2D eigenvalue weighted by Gasteiger charge is 2.53. The second-order valence-electron chi connectivity index (χ2n) is 18.4. The summed E-state index contributed by atoms with van der Waals surface area (Å²) in [6.45, 7) is -2.31. The normalized spacial score (nSPS) is 30.6. The van der Waals surface area contributed by atoms with Gasteiger partial charge in [-0.3, -0.25) is 0 Å². The lowest BCUT2D eigenvalue weighted by Crippen LogP contribution is -2.64. The Labute approximate surface area is 448 Å². The first-order valence-corrected chi connectivity index (χ1v) is 24.3. The summed E-state index contributed by atoms with van der Waals surface area (Å²) in [5.41, 5.74) is 1.07. The van der Waals surface area contributed by atoms with Crippen LogP contribution >= 0.6 is 0 Å². The van der Waals surface area contributed by atoms with E-state index in [0.29, 0.717) is 11.1 Å². The minimum absolute atomic E-state index is 0.0460. The summed E-state index contributed by atoms with van der Waals surface area (Å²) in [4.78, 5) is 25.9. The standard InChI is InChI=1S/C53H58O26/c1-69-33-15-23(3-11-29(33)57)5-13-39(59)71-21-37-42(62)45(65)48(68)52(77-37)79-50-46(66)43(63)38(22-72-40(60)14-6-24-4-12-30(58)34(16-24)70-2)78-53(50)75-35-19-28-31(73-49(35)25-7-9-26(55)10-8-25)17-27(56)18-32(28)74-51-47(67)44(64)41(61)36(20-54)76-51/h3-19,36-38,41-58,61-68H,20-22H2,1-2H3/b13-5+,14-6+/t36-,37+,38-,41-,42-,43-,44+,45+,46+,47-,48+,49?,50-,51-,52+,53-/m1/s1. The highest BCUT2D eigenvalue weighted by molar-refractivity contribution is 5.87. The summed E-state index contributed by atoms with van der Waals surface area (Å²) >= 11 is 0. The molecule has 0 saturated carbocycles. The summed E-state index contributed by atoms with van der Waals surface area (Å²) in [6.07, 6.45) is -23.5. The maximum absolute atomic E-state index is 13.1. The van der Waals surface area contributed by atoms with Crippen LogP contribution in [0.5, 0.6) is 46.0 Å². The van der Waals surface area contributed by atoms with Crippen LogP contribution in [0.3, 0.4) is 0 Å². The highest BCUT2D eigenvalue weighted by Crippen LogP contribution is 2.46. The molecule has 16 atom stereocenters. The van der Waals surface area contributed by atoms with Crippen molar-refractivity contribution in [3.8, 4) is 46.0 Å². The van der Waals surface area contributed by atoms with Crippen molar-refractivity contribution < 1.29 is 128 Å². The third-order valence-corrected chi connectivity index (χ3v) is 13.0. The summed E-state index contributed by atoms with van der Waals surface area (Å²) in [7, 11) is 2.66. The van der Waals surface area contributed by atoms with Gasteiger partial charge in [0.05, 0.1) is 26.4 Å². The second kappa shape index (κ2) is 25.2. The van der Waals surface area contributed by atoms with E-state index in [1.54, 1.807) is 0 Å². The lowest BCUT2D eigenvalue weighted by molar-refractivity contribution is -0.364. The van der Waals surface area contributed by atoms with Gasteiger partial charge in [0.1, 0.15) is 109 Å². The van der Waals surface area contributed by atoms with Gasteiger partial charge in [-0.2, -0.15) is 0 Å². The number of ether oxygens (including phenoxy) is 11. The number of hydrogen-bond donors (Lipinski definition) is 13. The number of methoxy groups -OCH3 is 2. The number of phenols is 4. The van der Waals surface area contributed by atoms with E-state index in [4.69, 9.17) is 52.1 Å². The molecule has 4 aromatic carbocycles. The lowest BCUT2D eigenvalue weighted by atomic mass is 9.97. The number of carbonyl (C=O) groups excluding carboxylic acids is 2. The Balaban J connectivity index is 1.10. The third-order valence-electron chi connectivity index (χ3n) is 13.0. The first-order chi connectivity index (χ1) is 37.8. The molecule has 0 amide bonds. The predicted molar refractivity (Wildman–Crippen MR) is 265 cm³/mol. The minimum atomic E-state index is -2.12. The molecule has 0 aromatic heterocycles. The first kappa shape index (κ1) is 57.9. The Morgan fingerprint density at radius 3 is 1.62 bits per heavy atom. The van der Waals surface area contributed by atoms with E-state index < -0.39 is 136 Å². The van der Waals surface area contributed by atoms with Crippen LogP contribution in [-0.4, -0.2) is 204 Å². The predicted octanol–water partition coefficient (Wildman–Crippen LogP) is -0.651. The van der Waals surface area contributed by atoms with E-state index >= 15 is 0 Å². The fraction of sp³-hybridized carbons (Fsp3) is 0.396. The van der Waals surface area contributed by atoms with Gasteiger partial charge in [-0.15, -0.1) is 0 Å². The monoisotopic (exact) mass is 1110 g/mol. The average molecular weight is 1110 g/mol. The Kier molecular flexibility index (Phi) is 18.5. The van der Waals surface area contributed by atoms with Crippen molar-refractivity contribution in [2.24, 2.45) is 0 Å². The number of benzene rings is 4. The Bertz CT molecular complexity index is 2850. The molecule has 0 aliphatic carbocycles. The van der Waals surface area contributed by atoms with Crippen molar-refractivity contribution in [2.45, 2.75) is 98.2 Å². The van der Waals surface area contributed by atoms with Crippen molar-refractivity contribution in [3.63, 3.8) is 0 Å². The first-order valence-electron chi connectivity index (χ1n) is 24.3. The van der Waals surface area contributed by atoms with Gasteiger partial charge in [0.2, 0.25) is 12.6 Å². The topological polar surface area (TPSA) is 399 Å². The molecule has 4 aliphatic rings. The Hall–Kier alpha value is -7.28. The molecule has 13 N–H and O–H groups in total. The van der Waals surface area contributed by atoms with Crippen molar-refractivity contribution in [1.29, 1.82) is 0 Å². The second-order valence-corrected chi connectivity index (χ2v) is 18.4. The van der Waals surface area contributed by atoms with Crippen LogP contribution in [0.15, 0.2) is 90.7 Å². The number of phenolic OH excluding ortho intramolecular Hbond substituents is 4. The number of hydrogen-bond acceptors (Lipinski definition) is 26. The average Bonchev–Trinajstić information content (AvgIpc) is 3.47. The number of aliphatic hydroxyl groups is 9. The van der Waals surface area contributed by atoms with Crippen LogP contribution in [0.1, 0.15) is 28.4 Å². The van der Waals surface area contributed by atoms with Crippen LogP contribution in [0.4, 0.5) is 0 Å². The zero-order valence-corrected chi connectivity index (χ0v) is 41.8. The van der Waals surface area contributed by atoms with Crippen LogP contribution in [0.25, 0.3) is 18.2 Å². The molecule has 8 rings (SSSR count). The molecule has 3 saturated heterocycles. The molecule has 1 unspecified atom stereocenters. The molecule has 4 aliphatic heterocycles. The molecule has 0 radical (unpaired) electrons. The molecular formula is C53H58O26. The molecule has 4 aromatic rings. The van der Waals surface area contributed by atoms with Crippen molar-refractivity contribution in [1.82, 2.24) is 0 Å². The van der Waals surface area contributed by atoms with Crippen molar-refractivity contribution >= 4 is 30.2 Å². The van der Waals surface area contributed by atoms with Crippen LogP contribution in [0, 0.1) is 0 Å². The Morgan fingerprint density at radius 1 is 0.544 bits per heavy atom. The largest absolute Gasteiger partial charge is 0.508 e. The van der Waals surface area contributed by atoms with E-state index in [2.05, 4.69) is 0 Å². The maximum Gasteiger partial charge on any atom is 0.330 e. The molecule has 26 nitrogen and oxygen atoms in total. The number of carbonyl (C=O) groups is 2. The van der Waals surface area contributed by atoms with Crippen molar-refractivity contribution in [2.75, 3.05) is 34.0 Å². The molecule has 0 bridgehead atoms. The smallest absolute Gasteiger partial charge is 0.330 e. The zero-order valence-electron chi connectivity index (χ0n) is 41.8. The van der Waals surface area contributed by atoms with Gasteiger partial charge in [0.15, 0.2) is 41.5 Å². The highest BCUT2D eigenvalue weighted by atomic mass is 16.8. The third kappa shape index (κ3) is 13.3. The van der Waals surface area contributed by atoms with E-state index in [-0.39, 0.29) is 57.1 Å². The molecule has 426 valence electrons. The SMILES string of the molecule is COc1cc(/C=C/C(=O)OC[C@@H]2O[C@@H](O[C@H]3[C@H](OC4=Cc5c(cc(O)cc5O[C@@H]5O[C@H](CO)[C@@H](O)[C@H](O)[C@H]5O)OC4c4ccc(O)cc4)O[C@H](COC(=O)/C=C/c4ccc(O)c(OC)c4)[C@@H](O)[C@@H]3O)[C@@H](O)[C@@H](O)[C@@H]2O)ccc1O. The van der Waals surface area contributed by atoms with Gasteiger partial charge >= 0.3 is 11.9 Å². The lowest BCUT2D eigenvalue weighted by Gasteiger charge is -2.46. The number of aliphatic hydroxyl groups excluding tert-OH is 9. The van der Waals surface area contributed by atoms with Crippen LogP contribution in [0.2, 0.25) is 0 Å². The van der Waals surface area contributed by atoms with Gasteiger partial charge in [-0.05, 0) is 65.8 Å². The van der Waals surface area contributed by atoms with E-state index in [9.17, 15) is 76.0 Å². The zero-order chi connectivity index (χ0) is 56.8. The molecular weight excluding hydrogens is 1050 g/mol. The van der Waals surface area contributed by atoms with Gasteiger partial charge < -0.3 is 118 Å². The molecule has 0 spiro atoms. The van der Waals surface area contributed by atoms with Crippen molar-refractivity contribution in [3.05, 3.63) is 113 Å². The quantitative estimate of drug-likeness (QED) is 0.0435. The fourth-order valence-electron chi connectivity index (χ4n) is 8.68. The van der Waals surface area contributed by atoms with Gasteiger partial charge in [0.25, 0.3) is 0 Å². The number of aromatic hydroxyl groups is 4. The van der Waals surface area contributed by atoms with Crippen LogP contribution < -0.4 is 18.9 Å². The summed E-state index contributed by atoms with van der Waals surface area (Å²) in [5.74, 6) is -3.25. The Morgan fingerprint density at radius 2 is 1.06 bits per heavy atom. The maximum atomic E-state index is 13.1. The summed E-state index contributed by atoms with van der Waals surface area (Å²) < 4.78 is 63.3. The summed E-state index contributed by atoms with van der Waals surface area (Å²) in [5, 5.41) is 139. The number of esters is 2. The van der Waals surface area contributed by atoms with E-state index in [1.165, 1.54) is 99.2 Å². The number of fused-ring (bicyclic) bond motifs is 1. The fourth-order valence-corrected chi connectivity index (χ4v) is 8.68.